The second kappa shape index (κ2) is 3.04. The van der Waals surface area contributed by atoms with Crippen LogP contribution in [0.25, 0.3) is 0 Å². The van der Waals surface area contributed by atoms with Crippen LogP contribution in [0.1, 0.15) is 13.3 Å². The maximum Gasteiger partial charge on any atom is 0.212 e. The summed E-state index contributed by atoms with van der Waals surface area (Å²) in [5.41, 5.74) is 0. The second-order valence-electron chi connectivity index (χ2n) is 1.51. The molecule has 0 aromatic rings. The standard InChI is InChI=1S/C4H10NO2S/c1-3-4-5-8(2,6)7/h5H,2-4H2,1H3. The molecule has 0 saturated carbocycles. The van der Waals surface area contributed by atoms with Gasteiger partial charge in [0.15, 0.2) is 0 Å². The summed E-state index contributed by atoms with van der Waals surface area (Å²) in [5.74, 6) is 0. The first-order chi connectivity index (χ1) is 3.56. The zero-order valence-corrected chi connectivity index (χ0v) is 5.66. The minimum absolute atomic E-state index is 0.478. The summed E-state index contributed by atoms with van der Waals surface area (Å²) in [6.45, 7) is 2.37. The van der Waals surface area contributed by atoms with Crippen LogP contribution in [0.4, 0.5) is 0 Å². The number of rotatable bonds is 3. The lowest BCUT2D eigenvalue weighted by atomic mass is 10.5. The van der Waals surface area contributed by atoms with Crippen LogP contribution in [0.2, 0.25) is 0 Å². The minimum Gasteiger partial charge on any atom is -0.215 e. The van der Waals surface area contributed by atoms with Gasteiger partial charge in [-0.3, -0.25) is 0 Å². The molecule has 3 nitrogen and oxygen atoms in total. The largest absolute Gasteiger partial charge is 0.215 e. The topological polar surface area (TPSA) is 46.2 Å². The zero-order chi connectivity index (χ0) is 6.62. The lowest BCUT2D eigenvalue weighted by Gasteiger charge is -1.95. The Morgan fingerprint density at radius 2 is 2.12 bits per heavy atom. The van der Waals surface area contributed by atoms with Gasteiger partial charge in [-0.05, 0) is 6.42 Å². The predicted molar refractivity (Wildman–Crippen MR) is 32.6 cm³/mol. The highest BCUT2D eigenvalue weighted by Gasteiger charge is 1.95. The Kier molecular flexibility index (Phi) is 3.01. The first-order valence-corrected chi connectivity index (χ1v) is 4.04. The van der Waals surface area contributed by atoms with Gasteiger partial charge in [-0.25, -0.2) is 13.1 Å². The highest BCUT2D eigenvalue weighted by Crippen LogP contribution is 1.77. The molecule has 0 aromatic carbocycles. The fourth-order valence-electron chi connectivity index (χ4n) is 0.258. The van der Waals surface area contributed by atoms with Crippen molar-refractivity contribution < 1.29 is 8.42 Å². The Hall–Kier alpha value is -0.0900. The Balaban J connectivity index is 3.42. The molecule has 0 amide bonds. The van der Waals surface area contributed by atoms with Crippen LogP contribution < -0.4 is 4.72 Å². The second-order valence-corrected chi connectivity index (χ2v) is 3.03. The first kappa shape index (κ1) is 7.91. The number of hydrogen-bond acceptors (Lipinski definition) is 2. The molecule has 0 fully saturated rings. The van der Waals surface area contributed by atoms with Crippen LogP contribution in [0.3, 0.4) is 0 Å². The van der Waals surface area contributed by atoms with E-state index in [-0.39, 0.29) is 0 Å². The summed E-state index contributed by atoms with van der Waals surface area (Å²) < 4.78 is 22.6. The van der Waals surface area contributed by atoms with Crippen molar-refractivity contribution in [3.05, 3.63) is 6.26 Å². The predicted octanol–water partition coefficient (Wildman–Crippen LogP) is 0.107. The van der Waals surface area contributed by atoms with E-state index in [0.717, 1.165) is 6.42 Å². The van der Waals surface area contributed by atoms with E-state index in [1.54, 1.807) is 0 Å². The lowest BCUT2D eigenvalue weighted by molar-refractivity contribution is 0.590. The van der Waals surface area contributed by atoms with Gasteiger partial charge < -0.3 is 0 Å². The average molecular weight is 136 g/mol. The van der Waals surface area contributed by atoms with Crippen LogP contribution >= 0.6 is 0 Å². The Morgan fingerprint density at radius 1 is 1.62 bits per heavy atom. The van der Waals surface area contributed by atoms with Crippen molar-refractivity contribution >= 4 is 10.0 Å². The van der Waals surface area contributed by atoms with E-state index in [9.17, 15) is 8.42 Å². The summed E-state index contributed by atoms with van der Waals surface area (Å²) in [4.78, 5) is 0. The maximum absolute atomic E-state index is 10.2. The summed E-state index contributed by atoms with van der Waals surface area (Å²) in [6.07, 6.45) is 3.67. The average Bonchev–Trinajstić information content (AvgIpc) is 1.59. The molecule has 0 bridgehead atoms. The number of nitrogens with one attached hydrogen (secondary N) is 1. The van der Waals surface area contributed by atoms with Crippen molar-refractivity contribution in [2.75, 3.05) is 6.54 Å². The van der Waals surface area contributed by atoms with Gasteiger partial charge in [0.05, 0.1) is 6.26 Å². The van der Waals surface area contributed by atoms with Crippen LogP contribution in [0, 0.1) is 6.26 Å². The molecule has 0 aliphatic carbocycles. The normalized spacial score (nSPS) is 11.8. The van der Waals surface area contributed by atoms with Crippen molar-refractivity contribution in [1.82, 2.24) is 4.72 Å². The van der Waals surface area contributed by atoms with Crippen molar-refractivity contribution in [2.45, 2.75) is 13.3 Å². The summed E-state index contributed by atoms with van der Waals surface area (Å²) >= 11 is 0. The van der Waals surface area contributed by atoms with E-state index in [0.29, 0.717) is 6.54 Å². The Labute approximate surface area is 50.1 Å². The van der Waals surface area contributed by atoms with Crippen LogP contribution in [-0.4, -0.2) is 15.0 Å². The molecule has 0 aliphatic rings. The van der Waals surface area contributed by atoms with Gasteiger partial charge in [-0.15, -0.1) is 0 Å². The van der Waals surface area contributed by atoms with Gasteiger partial charge in [-0.2, -0.15) is 0 Å². The van der Waals surface area contributed by atoms with Gasteiger partial charge >= 0.3 is 0 Å². The van der Waals surface area contributed by atoms with Crippen molar-refractivity contribution in [1.29, 1.82) is 0 Å². The zero-order valence-electron chi connectivity index (χ0n) is 4.85. The smallest absolute Gasteiger partial charge is 0.212 e. The first-order valence-electron chi connectivity index (χ1n) is 2.39. The fourth-order valence-corrected chi connectivity index (χ4v) is 0.773. The Bertz CT molecular complexity index is 138. The van der Waals surface area contributed by atoms with Gasteiger partial charge in [0, 0.05) is 6.54 Å². The summed E-state index contributed by atoms with van der Waals surface area (Å²) in [7, 11) is -3.19. The summed E-state index contributed by atoms with van der Waals surface area (Å²) in [5, 5.41) is 0. The molecule has 0 aromatic heterocycles. The molecule has 8 heavy (non-hydrogen) atoms. The molecular weight excluding hydrogens is 126 g/mol. The highest BCUT2D eigenvalue weighted by atomic mass is 32.2. The molecule has 1 radical (unpaired) electrons. The fraction of sp³-hybridized carbons (Fsp3) is 0.750. The molecule has 49 valence electrons. The van der Waals surface area contributed by atoms with Crippen LogP contribution in [0.5, 0.6) is 0 Å². The molecule has 0 unspecified atom stereocenters. The van der Waals surface area contributed by atoms with Gasteiger partial charge in [-0.1, -0.05) is 6.92 Å². The molecule has 0 aliphatic heterocycles. The van der Waals surface area contributed by atoms with E-state index < -0.39 is 10.0 Å². The Morgan fingerprint density at radius 3 is 2.25 bits per heavy atom. The van der Waals surface area contributed by atoms with Crippen molar-refractivity contribution in [2.24, 2.45) is 0 Å². The molecule has 0 saturated heterocycles. The van der Waals surface area contributed by atoms with Crippen molar-refractivity contribution in [3.8, 4) is 0 Å². The highest BCUT2D eigenvalue weighted by molar-refractivity contribution is 7.90. The third kappa shape index (κ3) is 5.91. The quantitative estimate of drug-likeness (QED) is 0.598. The molecule has 0 spiro atoms. The molecule has 0 heterocycles. The minimum atomic E-state index is -3.19. The van der Waals surface area contributed by atoms with Crippen LogP contribution in [0.15, 0.2) is 0 Å². The SMILES string of the molecule is [CH2]S(=O)(=O)NCCC. The van der Waals surface area contributed by atoms with E-state index in [1.807, 2.05) is 6.92 Å². The molecule has 0 atom stereocenters. The molecular formula is C4H10NO2S. The third-order valence-corrected chi connectivity index (χ3v) is 1.22. The number of sulfonamides is 1. The van der Waals surface area contributed by atoms with Crippen molar-refractivity contribution in [3.63, 3.8) is 0 Å². The maximum atomic E-state index is 10.2. The van der Waals surface area contributed by atoms with E-state index in [2.05, 4.69) is 11.0 Å². The monoisotopic (exact) mass is 136 g/mol. The molecule has 0 rings (SSSR count). The van der Waals surface area contributed by atoms with E-state index in [4.69, 9.17) is 0 Å². The van der Waals surface area contributed by atoms with Crippen LogP contribution in [-0.2, 0) is 10.0 Å². The van der Waals surface area contributed by atoms with Gasteiger partial charge in [0.1, 0.15) is 0 Å². The third-order valence-electron chi connectivity index (χ3n) is 0.572. The van der Waals surface area contributed by atoms with Gasteiger partial charge in [0.25, 0.3) is 0 Å². The van der Waals surface area contributed by atoms with E-state index in [1.165, 1.54) is 0 Å². The van der Waals surface area contributed by atoms with E-state index >= 15 is 0 Å². The van der Waals surface area contributed by atoms with Gasteiger partial charge in [0.2, 0.25) is 10.0 Å². The molecule has 1 N–H and O–H groups in total. The lowest BCUT2D eigenvalue weighted by Crippen LogP contribution is -2.20. The summed E-state index contributed by atoms with van der Waals surface area (Å²) in [6, 6.07) is 0. The number of hydrogen-bond donors (Lipinski definition) is 1. The molecule has 4 heteroatoms.